The Kier molecular flexibility index (Phi) is 4.25. The van der Waals surface area contributed by atoms with Crippen LogP contribution in [0.5, 0.6) is 0 Å². The fraction of sp³-hybridized carbons (Fsp3) is 0.250. The van der Waals surface area contributed by atoms with E-state index in [1.807, 2.05) is 0 Å². The van der Waals surface area contributed by atoms with Gasteiger partial charge in [0.15, 0.2) is 5.82 Å². The molecule has 10 heteroatoms. The summed E-state index contributed by atoms with van der Waals surface area (Å²) in [4.78, 5) is 4.68. The minimum atomic E-state index is -4.11. The molecular formula is C16H14FN3O4S2. The first kappa shape index (κ1) is 17.1. The van der Waals surface area contributed by atoms with Gasteiger partial charge >= 0.3 is 0 Å². The van der Waals surface area contributed by atoms with Crippen molar-refractivity contribution in [3.63, 3.8) is 0 Å². The van der Waals surface area contributed by atoms with E-state index < -0.39 is 20.7 Å². The van der Waals surface area contributed by atoms with E-state index in [0.717, 1.165) is 16.5 Å². The Morgan fingerprint density at radius 3 is 2.85 bits per heavy atom. The lowest BCUT2D eigenvalue weighted by atomic mass is 10.1. The lowest BCUT2D eigenvalue weighted by molar-refractivity contribution is 0.113. The van der Waals surface area contributed by atoms with Crippen LogP contribution in [0.25, 0.3) is 11.5 Å². The molecule has 136 valence electrons. The predicted molar refractivity (Wildman–Crippen MR) is 92.9 cm³/mol. The molecule has 2 aromatic heterocycles. The lowest BCUT2D eigenvalue weighted by Crippen LogP contribution is -2.14. The first-order chi connectivity index (χ1) is 12.5. The molecule has 7 nitrogen and oxygen atoms in total. The second-order valence-electron chi connectivity index (χ2n) is 5.69. The molecule has 0 saturated carbocycles. The number of hydrogen-bond acceptors (Lipinski definition) is 7. The minimum Gasteiger partial charge on any atom is -0.376 e. The number of fused-ring (bicyclic) bond motifs is 1. The summed E-state index contributed by atoms with van der Waals surface area (Å²) in [6.07, 6.45) is 0.601. The van der Waals surface area contributed by atoms with Gasteiger partial charge in [-0.05, 0) is 31.0 Å². The minimum absolute atomic E-state index is 0.230. The van der Waals surface area contributed by atoms with Crippen LogP contribution in [0, 0.1) is 12.7 Å². The second kappa shape index (κ2) is 6.45. The number of nitrogens with zero attached hydrogens (tertiary/aromatic N) is 2. The fourth-order valence-corrected chi connectivity index (χ4v) is 5.33. The number of ether oxygens (including phenoxy) is 1. The van der Waals surface area contributed by atoms with E-state index in [1.165, 1.54) is 29.5 Å². The monoisotopic (exact) mass is 395 g/mol. The molecule has 0 radical (unpaired) electrons. The Morgan fingerprint density at radius 2 is 2.12 bits per heavy atom. The van der Waals surface area contributed by atoms with Crippen molar-refractivity contribution in [1.82, 2.24) is 10.1 Å². The zero-order valence-electron chi connectivity index (χ0n) is 13.7. The molecule has 0 spiro atoms. The average molecular weight is 395 g/mol. The largest absolute Gasteiger partial charge is 0.376 e. The van der Waals surface area contributed by atoms with Crippen LogP contribution >= 0.6 is 11.3 Å². The van der Waals surface area contributed by atoms with Gasteiger partial charge in [-0.15, -0.1) is 11.3 Å². The zero-order valence-corrected chi connectivity index (χ0v) is 15.3. The molecular weight excluding hydrogens is 381 g/mol. The van der Waals surface area contributed by atoms with E-state index in [9.17, 15) is 12.8 Å². The van der Waals surface area contributed by atoms with E-state index in [1.54, 1.807) is 6.92 Å². The molecule has 1 N–H and O–H groups in total. The SMILES string of the molecule is Cc1noc(-c2c(NS(=O)(=O)c3ccccc3F)sc3c2CCOC3)n1. The van der Waals surface area contributed by atoms with E-state index in [-0.39, 0.29) is 5.89 Å². The average Bonchev–Trinajstić information content (AvgIpc) is 3.17. The van der Waals surface area contributed by atoms with Gasteiger partial charge in [-0.3, -0.25) is 4.72 Å². The number of thiophene rings is 1. The zero-order chi connectivity index (χ0) is 18.3. The molecule has 0 unspecified atom stereocenters. The van der Waals surface area contributed by atoms with Gasteiger partial charge in [0.1, 0.15) is 15.7 Å². The van der Waals surface area contributed by atoms with Crippen molar-refractivity contribution in [2.24, 2.45) is 0 Å². The topological polar surface area (TPSA) is 94.3 Å². The Balaban J connectivity index is 1.82. The number of benzene rings is 1. The van der Waals surface area contributed by atoms with Crippen LogP contribution in [0.15, 0.2) is 33.7 Å². The fourth-order valence-electron chi connectivity index (χ4n) is 2.77. The molecule has 0 bridgehead atoms. The summed E-state index contributed by atoms with van der Waals surface area (Å²) in [6, 6.07) is 5.21. The molecule has 3 heterocycles. The third kappa shape index (κ3) is 3.00. The Hall–Kier alpha value is -2.30. The molecule has 0 amide bonds. The van der Waals surface area contributed by atoms with Crippen molar-refractivity contribution in [2.45, 2.75) is 24.8 Å². The Labute approximate surface area is 152 Å². The van der Waals surface area contributed by atoms with Crippen molar-refractivity contribution < 1.29 is 22.1 Å². The lowest BCUT2D eigenvalue weighted by Gasteiger charge is -2.12. The van der Waals surface area contributed by atoms with Gasteiger partial charge < -0.3 is 9.26 Å². The third-order valence-corrected chi connectivity index (χ3v) is 6.55. The van der Waals surface area contributed by atoms with Crippen LogP contribution in [0.2, 0.25) is 0 Å². The number of nitrogens with one attached hydrogen (secondary N) is 1. The van der Waals surface area contributed by atoms with Gasteiger partial charge in [0.2, 0.25) is 0 Å². The van der Waals surface area contributed by atoms with Gasteiger partial charge in [-0.1, -0.05) is 17.3 Å². The number of aromatic nitrogens is 2. The Bertz CT molecular complexity index is 1080. The molecule has 0 fully saturated rings. The van der Waals surface area contributed by atoms with Crippen molar-refractivity contribution >= 4 is 26.4 Å². The summed E-state index contributed by atoms with van der Waals surface area (Å²) < 4.78 is 52.5. The van der Waals surface area contributed by atoms with Crippen molar-refractivity contribution in [3.8, 4) is 11.5 Å². The number of aryl methyl sites for hydroxylation is 1. The van der Waals surface area contributed by atoms with E-state index >= 15 is 0 Å². The first-order valence-corrected chi connectivity index (χ1v) is 10.1. The number of hydrogen-bond donors (Lipinski definition) is 1. The van der Waals surface area contributed by atoms with Gasteiger partial charge in [0.25, 0.3) is 15.9 Å². The highest BCUT2D eigenvalue weighted by atomic mass is 32.2. The van der Waals surface area contributed by atoms with Gasteiger partial charge in [-0.2, -0.15) is 4.98 Å². The summed E-state index contributed by atoms with van der Waals surface area (Å²) in [5.74, 6) is -0.150. The standard InChI is InChI=1S/C16H14FN3O4S2/c1-9-18-15(24-19-9)14-10-6-7-23-8-12(10)25-16(14)20-26(21,22)13-5-3-2-4-11(13)17/h2-5,20H,6-8H2,1H3. The van der Waals surface area contributed by atoms with Crippen LogP contribution in [0.1, 0.15) is 16.3 Å². The number of sulfonamides is 1. The number of anilines is 1. The van der Waals surface area contributed by atoms with Crippen LogP contribution in [-0.2, 0) is 27.8 Å². The quantitative estimate of drug-likeness (QED) is 0.729. The summed E-state index contributed by atoms with van der Waals surface area (Å²) in [7, 11) is -4.11. The summed E-state index contributed by atoms with van der Waals surface area (Å²) in [5.41, 5.74) is 1.45. The molecule has 0 saturated heterocycles. The molecule has 26 heavy (non-hydrogen) atoms. The predicted octanol–water partition coefficient (Wildman–Crippen LogP) is 3.12. The van der Waals surface area contributed by atoms with Crippen molar-refractivity contribution in [1.29, 1.82) is 0 Å². The second-order valence-corrected chi connectivity index (χ2v) is 8.45. The first-order valence-electron chi connectivity index (χ1n) is 7.76. The van der Waals surface area contributed by atoms with E-state index in [0.29, 0.717) is 36.0 Å². The normalized spacial score (nSPS) is 14.2. The molecule has 1 aromatic carbocycles. The van der Waals surface area contributed by atoms with Crippen LogP contribution < -0.4 is 4.72 Å². The summed E-state index contributed by atoms with van der Waals surface area (Å²) >= 11 is 1.23. The van der Waals surface area contributed by atoms with Crippen LogP contribution in [0.4, 0.5) is 9.39 Å². The van der Waals surface area contributed by atoms with E-state index in [4.69, 9.17) is 9.26 Å². The maximum atomic E-state index is 14.0. The Morgan fingerprint density at radius 1 is 1.31 bits per heavy atom. The number of halogens is 1. The third-order valence-electron chi connectivity index (χ3n) is 3.91. The maximum absolute atomic E-state index is 14.0. The summed E-state index contributed by atoms with van der Waals surface area (Å²) in [6.45, 7) is 2.57. The molecule has 3 aromatic rings. The van der Waals surface area contributed by atoms with Crippen molar-refractivity contribution in [2.75, 3.05) is 11.3 Å². The molecule has 0 aliphatic carbocycles. The highest BCUT2D eigenvalue weighted by molar-refractivity contribution is 7.93. The molecule has 0 atom stereocenters. The maximum Gasteiger partial charge on any atom is 0.265 e. The van der Waals surface area contributed by atoms with Gasteiger partial charge in [0.05, 0.1) is 18.8 Å². The molecule has 4 rings (SSSR count). The highest BCUT2D eigenvalue weighted by Gasteiger charge is 2.29. The van der Waals surface area contributed by atoms with Crippen LogP contribution in [0.3, 0.4) is 0 Å². The number of rotatable bonds is 4. The van der Waals surface area contributed by atoms with Crippen LogP contribution in [-0.4, -0.2) is 25.2 Å². The van der Waals surface area contributed by atoms with E-state index in [2.05, 4.69) is 14.9 Å². The summed E-state index contributed by atoms with van der Waals surface area (Å²) in [5, 5.41) is 4.09. The highest BCUT2D eigenvalue weighted by Crippen LogP contribution is 2.43. The van der Waals surface area contributed by atoms with Gasteiger partial charge in [0, 0.05) is 4.88 Å². The molecule has 1 aliphatic rings. The van der Waals surface area contributed by atoms with Gasteiger partial charge in [-0.25, -0.2) is 12.8 Å². The van der Waals surface area contributed by atoms with Crippen molar-refractivity contribution in [3.05, 3.63) is 46.3 Å². The smallest absolute Gasteiger partial charge is 0.265 e. The molecule has 1 aliphatic heterocycles.